The van der Waals surface area contributed by atoms with E-state index >= 15 is 0 Å². The average molecular weight is 383 g/mol. The second-order valence-corrected chi connectivity index (χ2v) is 7.03. The molecule has 0 aliphatic carbocycles. The van der Waals surface area contributed by atoms with Gasteiger partial charge in [-0.25, -0.2) is 17.6 Å². The summed E-state index contributed by atoms with van der Waals surface area (Å²) >= 11 is 0. The first-order valence-corrected chi connectivity index (χ1v) is 8.87. The quantitative estimate of drug-likeness (QED) is 0.539. The summed E-state index contributed by atoms with van der Waals surface area (Å²) in [6.45, 7) is -0.280. The fourth-order valence-corrected chi connectivity index (χ4v) is 3.24. The van der Waals surface area contributed by atoms with E-state index in [1.807, 2.05) is 0 Å². The molecule has 0 aliphatic rings. The molecule has 0 amide bonds. The largest absolute Gasteiger partial charge is 0.495 e. The Kier molecular flexibility index (Phi) is 6.30. The molecule has 2 aromatic carbocycles. The van der Waals surface area contributed by atoms with Crippen molar-refractivity contribution in [3.8, 4) is 5.75 Å². The Morgan fingerprint density at radius 3 is 2.46 bits per heavy atom. The monoisotopic (exact) mass is 383 g/mol. The van der Waals surface area contributed by atoms with Crippen LogP contribution in [0.5, 0.6) is 5.75 Å². The number of ether oxygens (including phenoxy) is 2. The van der Waals surface area contributed by atoms with Gasteiger partial charge in [0.2, 0.25) is 0 Å². The third kappa shape index (κ3) is 4.18. The van der Waals surface area contributed by atoms with Crippen molar-refractivity contribution >= 4 is 16.0 Å². The molecule has 0 unspecified atom stereocenters. The van der Waals surface area contributed by atoms with Crippen LogP contribution in [-0.4, -0.2) is 40.1 Å². The number of methoxy groups -OCH3 is 1. The maximum atomic E-state index is 13.6. The van der Waals surface area contributed by atoms with Crippen molar-refractivity contribution in [2.75, 3.05) is 21.3 Å². The molecule has 140 valence electrons. The molecule has 0 bridgehead atoms. The van der Waals surface area contributed by atoms with Crippen molar-refractivity contribution in [1.82, 2.24) is 4.47 Å². The van der Waals surface area contributed by atoms with E-state index in [4.69, 9.17) is 14.3 Å². The summed E-state index contributed by atoms with van der Waals surface area (Å²) in [6.07, 6.45) is 0. The third-order valence-corrected chi connectivity index (χ3v) is 5.29. The first kappa shape index (κ1) is 19.8. The first-order valence-electron chi connectivity index (χ1n) is 7.43. The van der Waals surface area contributed by atoms with Gasteiger partial charge in [-0.2, -0.15) is 0 Å². The van der Waals surface area contributed by atoms with Crippen molar-refractivity contribution < 1.29 is 31.9 Å². The maximum Gasteiger partial charge on any atom is 0.338 e. The standard InChI is InChI=1S/C17H18FNO6S/c1-19(24-3)26(21,22)16-10-12(8-9-15(16)23-2)17(20)25-11-13-6-4-5-7-14(13)18/h4-10H,11H2,1-3H3. The van der Waals surface area contributed by atoms with Gasteiger partial charge in [0.25, 0.3) is 10.0 Å². The molecule has 0 fully saturated rings. The van der Waals surface area contributed by atoms with Gasteiger partial charge < -0.3 is 9.47 Å². The third-order valence-electron chi connectivity index (χ3n) is 3.59. The Labute approximate surface area is 150 Å². The molecule has 0 spiro atoms. The zero-order valence-electron chi connectivity index (χ0n) is 14.4. The highest BCUT2D eigenvalue weighted by Crippen LogP contribution is 2.27. The SMILES string of the molecule is COc1ccc(C(=O)OCc2ccccc2F)cc1S(=O)(=O)N(C)OC. The maximum absolute atomic E-state index is 13.6. The van der Waals surface area contributed by atoms with Gasteiger partial charge >= 0.3 is 5.97 Å². The molecule has 0 saturated heterocycles. The van der Waals surface area contributed by atoms with Crippen LogP contribution >= 0.6 is 0 Å². The molecule has 0 N–H and O–H groups in total. The lowest BCUT2D eigenvalue weighted by Crippen LogP contribution is -2.26. The minimum atomic E-state index is -4.04. The molecule has 2 aromatic rings. The van der Waals surface area contributed by atoms with E-state index in [0.717, 1.165) is 6.07 Å². The first-order chi connectivity index (χ1) is 12.3. The van der Waals surface area contributed by atoms with Gasteiger partial charge in [0, 0.05) is 12.6 Å². The van der Waals surface area contributed by atoms with Gasteiger partial charge in [-0.15, -0.1) is 0 Å². The molecule has 0 aliphatic heterocycles. The van der Waals surface area contributed by atoms with Crippen LogP contribution in [0.2, 0.25) is 0 Å². The summed E-state index contributed by atoms with van der Waals surface area (Å²) in [7, 11) is -0.343. The van der Waals surface area contributed by atoms with E-state index in [-0.39, 0.29) is 28.4 Å². The van der Waals surface area contributed by atoms with Crippen LogP contribution in [0.1, 0.15) is 15.9 Å². The van der Waals surface area contributed by atoms with Gasteiger partial charge in [0.05, 0.1) is 19.8 Å². The number of halogens is 1. The van der Waals surface area contributed by atoms with Gasteiger partial charge in [0.1, 0.15) is 23.1 Å². The topological polar surface area (TPSA) is 82.1 Å². The molecular formula is C17H18FNO6S. The van der Waals surface area contributed by atoms with Crippen LogP contribution in [0.15, 0.2) is 47.4 Å². The molecule has 0 atom stereocenters. The Bertz CT molecular complexity index is 900. The summed E-state index contributed by atoms with van der Waals surface area (Å²) < 4.78 is 49.2. The highest BCUT2D eigenvalue weighted by molar-refractivity contribution is 7.89. The van der Waals surface area contributed by atoms with E-state index in [1.54, 1.807) is 6.07 Å². The predicted octanol–water partition coefficient (Wildman–Crippen LogP) is 2.37. The second kappa shape index (κ2) is 8.26. The van der Waals surface area contributed by atoms with Gasteiger partial charge in [-0.05, 0) is 24.3 Å². The fourth-order valence-electron chi connectivity index (χ4n) is 2.08. The minimum absolute atomic E-state index is 0.0229. The zero-order chi connectivity index (χ0) is 19.3. The van der Waals surface area contributed by atoms with E-state index in [0.29, 0.717) is 4.47 Å². The number of esters is 1. The predicted molar refractivity (Wildman–Crippen MR) is 90.5 cm³/mol. The van der Waals surface area contributed by atoms with Crippen molar-refractivity contribution in [2.24, 2.45) is 0 Å². The lowest BCUT2D eigenvalue weighted by atomic mass is 10.2. The van der Waals surface area contributed by atoms with Gasteiger partial charge in [0.15, 0.2) is 0 Å². The zero-order valence-corrected chi connectivity index (χ0v) is 15.2. The molecule has 0 aromatic heterocycles. The molecule has 9 heteroatoms. The highest BCUT2D eigenvalue weighted by atomic mass is 32.2. The normalized spacial score (nSPS) is 11.4. The van der Waals surface area contributed by atoms with Gasteiger partial charge in [-0.1, -0.05) is 22.7 Å². The van der Waals surface area contributed by atoms with Crippen molar-refractivity contribution in [3.63, 3.8) is 0 Å². The van der Waals surface area contributed by atoms with Crippen LogP contribution in [0.4, 0.5) is 4.39 Å². The van der Waals surface area contributed by atoms with E-state index < -0.39 is 21.8 Å². The number of hydroxylamine groups is 1. The molecular weight excluding hydrogens is 365 g/mol. The number of nitrogens with zero attached hydrogens (tertiary/aromatic N) is 1. The Morgan fingerprint density at radius 1 is 1.15 bits per heavy atom. The molecule has 2 rings (SSSR count). The van der Waals surface area contributed by atoms with Crippen molar-refractivity contribution in [3.05, 3.63) is 59.4 Å². The van der Waals surface area contributed by atoms with E-state index in [9.17, 15) is 17.6 Å². The van der Waals surface area contributed by atoms with Crippen LogP contribution in [0.3, 0.4) is 0 Å². The number of sulfonamides is 1. The van der Waals surface area contributed by atoms with Crippen molar-refractivity contribution in [2.45, 2.75) is 11.5 Å². The van der Waals surface area contributed by atoms with E-state index in [2.05, 4.69) is 0 Å². The van der Waals surface area contributed by atoms with Crippen LogP contribution in [-0.2, 0) is 26.2 Å². The van der Waals surface area contributed by atoms with E-state index in [1.165, 1.54) is 51.6 Å². The fraction of sp³-hybridized carbons (Fsp3) is 0.235. The molecule has 0 heterocycles. The number of hydrogen-bond donors (Lipinski definition) is 0. The number of benzene rings is 2. The summed E-state index contributed by atoms with van der Waals surface area (Å²) in [5, 5.41) is 0. The summed E-state index contributed by atoms with van der Waals surface area (Å²) in [5.41, 5.74) is 0.187. The summed E-state index contributed by atoms with van der Waals surface area (Å²) in [5.74, 6) is -1.26. The summed E-state index contributed by atoms with van der Waals surface area (Å²) in [6, 6.07) is 9.68. The van der Waals surface area contributed by atoms with Gasteiger partial charge in [-0.3, -0.25) is 4.84 Å². The highest BCUT2D eigenvalue weighted by Gasteiger charge is 2.26. The Hall–Kier alpha value is -2.49. The number of rotatable bonds is 7. The molecule has 0 radical (unpaired) electrons. The number of carbonyl (C=O) groups excluding carboxylic acids is 1. The Balaban J connectivity index is 2.29. The lowest BCUT2D eigenvalue weighted by Gasteiger charge is -2.17. The molecule has 7 nitrogen and oxygen atoms in total. The van der Waals surface area contributed by atoms with Crippen molar-refractivity contribution in [1.29, 1.82) is 0 Å². The summed E-state index contributed by atoms with van der Waals surface area (Å²) in [4.78, 5) is 16.7. The van der Waals surface area contributed by atoms with Crippen LogP contribution < -0.4 is 4.74 Å². The Morgan fingerprint density at radius 2 is 1.85 bits per heavy atom. The average Bonchev–Trinajstić information content (AvgIpc) is 2.65. The van der Waals surface area contributed by atoms with Crippen LogP contribution in [0.25, 0.3) is 0 Å². The van der Waals surface area contributed by atoms with Crippen LogP contribution in [0, 0.1) is 5.82 Å². The molecule has 26 heavy (non-hydrogen) atoms. The smallest absolute Gasteiger partial charge is 0.338 e. The molecule has 0 saturated carbocycles. The minimum Gasteiger partial charge on any atom is -0.495 e. The number of hydrogen-bond acceptors (Lipinski definition) is 6. The second-order valence-electron chi connectivity index (χ2n) is 5.13. The lowest BCUT2D eigenvalue weighted by molar-refractivity contribution is -0.0259. The number of carbonyl (C=O) groups is 1.